The lowest BCUT2D eigenvalue weighted by Crippen LogP contribution is -2.23. The first-order valence-electron chi connectivity index (χ1n) is 25.1. The van der Waals surface area contributed by atoms with Crippen LogP contribution in [-0.4, -0.2) is 25.2 Å². The second-order valence-electron chi connectivity index (χ2n) is 17.1. The van der Waals surface area contributed by atoms with Gasteiger partial charge >= 0.3 is 11.9 Å². The molecule has 0 spiro atoms. The Labute approximate surface area is 345 Å². The predicted molar refractivity (Wildman–Crippen MR) is 241 cm³/mol. The van der Waals surface area contributed by atoms with Crippen molar-refractivity contribution in [2.24, 2.45) is 5.92 Å². The van der Waals surface area contributed by atoms with E-state index in [9.17, 15) is 9.59 Å². The Morgan fingerprint density at radius 2 is 0.691 bits per heavy atom. The number of hydrogen-bond acceptors (Lipinski definition) is 4. The largest absolute Gasteiger partial charge is 0.466 e. The Morgan fingerprint density at radius 3 is 1.09 bits per heavy atom. The van der Waals surface area contributed by atoms with Gasteiger partial charge < -0.3 is 9.47 Å². The van der Waals surface area contributed by atoms with Crippen molar-refractivity contribution in [2.75, 3.05) is 13.2 Å². The minimum atomic E-state index is -0.361. The van der Waals surface area contributed by atoms with Gasteiger partial charge in [-0.2, -0.15) is 0 Å². The number of rotatable bonds is 46. The van der Waals surface area contributed by atoms with Crippen molar-refractivity contribution in [3.05, 3.63) is 12.2 Å². The predicted octanol–water partition coefficient (Wildman–Crippen LogP) is 17.3. The van der Waals surface area contributed by atoms with Crippen LogP contribution in [0.3, 0.4) is 0 Å². The molecule has 0 aromatic carbocycles. The zero-order chi connectivity index (χ0) is 40.0. The minimum Gasteiger partial charge on any atom is -0.466 e. The molecule has 0 aliphatic heterocycles. The molecule has 1 atom stereocenters. The average molecular weight is 775 g/mol. The molecule has 0 saturated heterocycles. The third kappa shape index (κ3) is 43.6. The van der Waals surface area contributed by atoms with E-state index in [1.807, 2.05) is 0 Å². The van der Waals surface area contributed by atoms with Crippen LogP contribution in [0.5, 0.6) is 0 Å². The summed E-state index contributed by atoms with van der Waals surface area (Å²) in [6, 6.07) is 0. The quantitative estimate of drug-likeness (QED) is 0.0351. The monoisotopic (exact) mass is 775 g/mol. The van der Waals surface area contributed by atoms with E-state index in [0.717, 1.165) is 44.9 Å². The maximum atomic E-state index is 13.1. The number of hydrogen-bond donors (Lipinski definition) is 0. The highest BCUT2D eigenvalue weighted by Crippen LogP contribution is 2.20. The van der Waals surface area contributed by atoms with Crippen molar-refractivity contribution >= 4 is 11.9 Å². The molecule has 4 heteroatoms. The van der Waals surface area contributed by atoms with Gasteiger partial charge in [0.25, 0.3) is 0 Å². The maximum absolute atomic E-state index is 13.1. The minimum absolute atomic E-state index is 0.172. The molecule has 1 unspecified atom stereocenters. The number of carbonyl (C=O) groups excluding carboxylic acids is 2. The van der Waals surface area contributed by atoms with Crippen LogP contribution in [0.15, 0.2) is 12.2 Å². The number of ether oxygens (including phenoxy) is 2. The topological polar surface area (TPSA) is 52.6 Å². The molecular weight excluding hydrogens is 677 g/mol. The molecule has 0 amide bonds. The summed E-state index contributed by atoms with van der Waals surface area (Å²) in [5.41, 5.74) is 0. The molecule has 4 nitrogen and oxygen atoms in total. The van der Waals surface area contributed by atoms with Gasteiger partial charge in [-0.05, 0) is 38.5 Å². The first kappa shape index (κ1) is 53.7. The smallest absolute Gasteiger partial charge is 0.309 e. The number of carbonyl (C=O) groups is 2. The van der Waals surface area contributed by atoms with E-state index in [-0.39, 0.29) is 24.3 Å². The van der Waals surface area contributed by atoms with Crippen LogP contribution < -0.4 is 0 Å². The molecule has 0 saturated carbocycles. The van der Waals surface area contributed by atoms with Gasteiger partial charge in [0.1, 0.15) is 0 Å². The highest BCUT2D eigenvalue weighted by atomic mass is 16.5. The van der Waals surface area contributed by atoms with Crippen molar-refractivity contribution in [2.45, 2.75) is 284 Å². The fourth-order valence-corrected chi connectivity index (χ4v) is 7.75. The highest BCUT2D eigenvalue weighted by molar-refractivity contribution is 5.79. The van der Waals surface area contributed by atoms with Crippen LogP contribution in [0, 0.1) is 5.92 Å². The summed E-state index contributed by atoms with van der Waals surface area (Å²) in [6.45, 7) is 7.75. The molecule has 0 radical (unpaired) electrons. The van der Waals surface area contributed by atoms with Gasteiger partial charge in [-0.3, -0.25) is 9.59 Å². The molecule has 0 rings (SSSR count). The molecule has 0 aliphatic carbocycles. The van der Waals surface area contributed by atoms with Crippen LogP contribution in [0.2, 0.25) is 0 Å². The van der Waals surface area contributed by atoms with Crippen LogP contribution in [0.25, 0.3) is 0 Å². The van der Waals surface area contributed by atoms with Gasteiger partial charge in [-0.25, -0.2) is 0 Å². The van der Waals surface area contributed by atoms with E-state index in [4.69, 9.17) is 9.47 Å². The van der Waals surface area contributed by atoms with Gasteiger partial charge in [-0.1, -0.05) is 251 Å². The number of allylic oxidation sites excluding steroid dienone is 2. The molecule has 0 fully saturated rings. The Balaban J connectivity index is 4.17. The zero-order valence-corrected chi connectivity index (χ0v) is 37.8. The van der Waals surface area contributed by atoms with E-state index in [1.165, 1.54) is 212 Å². The Hall–Kier alpha value is -1.32. The third-order valence-corrected chi connectivity index (χ3v) is 11.5. The van der Waals surface area contributed by atoms with Crippen molar-refractivity contribution in [3.63, 3.8) is 0 Å². The van der Waals surface area contributed by atoms with Crippen LogP contribution in [-0.2, 0) is 19.1 Å². The standard InChI is InChI=1S/C51H98O4/c1-4-7-10-13-16-19-22-23-24-25-26-27-28-29-30-33-36-39-42-45-49(51(53)55-47-44-41-38-35-32-21-18-15-12-9-6-3)48-50(52)54-46-43-40-37-34-31-20-17-14-11-8-5-2/h10,13,49H,4-9,11-12,14-48H2,1-3H3/b13-10+. The molecule has 0 heterocycles. The lowest BCUT2D eigenvalue weighted by molar-refractivity contribution is -0.155. The first-order valence-corrected chi connectivity index (χ1v) is 25.1. The van der Waals surface area contributed by atoms with Crippen LogP contribution in [0.4, 0.5) is 0 Å². The summed E-state index contributed by atoms with van der Waals surface area (Å²) in [7, 11) is 0. The van der Waals surface area contributed by atoms with Gasteiger partial charge in [0.05, 0.1) is 25.6 Å². The second-order valence-corrected chi connectivity index (χ2v) is 17.1. The average Bonchev–Trinajstić information content (AvgIpc) is 3.19. The maximum Gasteiger partial charge on any atom is 0.309 e. The molecule has 55 heavy (non-hydrogen) atoms. The Morgan fingerprint density at radius 1 is 0.364 bits per heavy atom. The van der Waals surface area contributed by atoms with Crippen molar-refractivity contribution in [3.8, 4) is 0 Å². The summed E-state index contributed by atoms with van der Waals surface area (Å²) in [4.78, 5) is 25.9. The van der Waals surface area contributed by atoms with Crippen molar-refractivity contribution in [1.82, 2.24) is 0 Å². The second kappa shape index (κ2) is 47.1. The van der Waals surface area contributed by atoms with Crippen molar-refractivity contribution < 1.29 is 19.1 Å². The zero-order valence-electron chi connectivity index (χ0n) is 37.8. The van der Waals surface area contributed by atoms with Crippen LogP contribution in [0.1, 0.15) is 284 Å². The number of esters is 2. The lowest BCUT2D eigenvalue weighted by atomic mass is 9.97. The summed E-state index contributed by atoms with van der Waals surface area (Å²) in [5.74, 6) is -0.766. The van der Waals surface area contributed by atoms with Gasteiger partial charge in [0.2, 0.25) is 0 Å². The molecule has 0 aromatic heterocycles. The summed E-state index contributed by atoms with van der Waals surface area (Å²) < 4.78 is 11.4. The Bertz CT molecular complexity index is 792. The lowest BCUT2D eigenvalue weighted by Gasteiger charge is -2.16. The van der Waals surface area contributed by atoms with E-state index in [1.54, 1.807) is 0 Å². The highest BCUT2D eigenvalue weighted by Gasteiger charge is 2.24. The van der Waals surface area contributed by atoms with Gasteiger partial charge in [-0.15, -0.1) is 0 Å². The normalized spacial score (nSPS) is 12.1. The fourth-order valence-electron chi connectivity index (χ4n) is 7.75. The van der Waals surface area contributed by atoms with Gasteiger partial charge in [0.15, 0.2) is 0 Å². The Kier molecular flexibility index (Phi) is 45.9. The molecule has 326 valence electrons. The summed E-state index contributed by atoms with van der Waals surface area (Å²) in [6.07, 6.45) is 55.9. The van der Waals surface area contributed by atoms with E-state index < -0.39 is 0 Å². The summed E-state index contributed by atoms with van der Waals surface area (Å²) >= 11 is 0. The van der Waals surface area contributed by atoms with E-state index in [2.05, 4.69) is 32.9 Å². The third-order valence-electron chi connectivity index (χ3n) is 11.5. The SMILES string of the molecule is CCC/C=C/CCCCCCCCCCCCCCCCC(CC(=O)OCCCCCCCCCCCCC)C(=O)OCCCCCCCCCCCCC. The molecule has 0 N–H and O–H groups in total. The fraction of sp³-hybridized carbons (Fsp3) is 0.922. The summed E-state index contributed by atoms with van der Waals surface area (Å²) in [5, 5.41) is 0. The molecule has 0 bridgehead atoms. The number of unbranched alkanes of at least 4 members (excludes halogenated alkanes) is 35. The first-order chi connectivity index (χ1) is 27.2. The van der Waals surface area contributed by atoms with Crippen molar-refractivity contribution in [1.29, 1.82) is 0 Å². The molecule has 0 aromatic rings. The van der Waals surface area contributed by atoms with E-state index >= 15 is 0 Å². The molecular formula is C51H98O4. The van der Waals surface area contributed by atoms with Gasteiger partial charge in [0, 0.05) is 0 Å². The molecule has 0 aliphatic rings. The van der Waals surface area contributed by atoms with Crippen LogP contribution >= 0.6 is 0 Å². The van der Waals surface area contributed by atoms with E-state index in [0.29, 0.717) is 13.2 Å².